The average molecular weight is 354 g/mol. The number of hydrogen-bond acceptors (Lipinski definition) is 2. The third kappa shape index (κ3) is 2.89. The van der Waals surface area contributed by atoms with E-state index in [1.807, 2.05) is 20.0 Å². The molecule has 0 saturated heterocycles. The van der Waals surface area contributed by atoms with Crippen LogP contribution in [0.1, 0.15) is 51.3 Å². The molecule has 2 aliphatic carbocycles. The predicted molar refractivity (Wildman–Crippen MR) is 85.9 cm³/mol. The number of aromatic nitrogens is 2. The number of hydrogen-bond donors (Lipinski definition) is 1. The van der Waals surface area contributed by atoms with Crippen molar-refractivity contribution in [2.75, 3.05) is 0 Å². The SMILES string of the molecule is Cc1nn([C@H](C)C(=O)N[C@@H](C)[C@@H]2C[C@H]3CC[C@H]2C3)cc1Br. The number of aryl methyl sites for hydroxylation is 1. The topological polar surface area (TPSA) is 46.9 Å². The van der Waals surface area contributed by atoms with Crippen LogP contribution in [0, 0.1) is 24.7 Å². The van der Waals surface area contributed by atoms with E-state index in [1.54, 1.807) is 4.68 Å². The van der Waals surface area contributed by atoms with Crippen LogP contribution in [0.15, 0.2) is 10.7 Å². The maximum absolute atomic E-state index is 12.5. The average Bonchev–Trinajstić information content (AvgIpc) is 3.14. The summed E-state index contributed by atoms with van der Waals surface area (Å²) in [6.45, 7) is 6.01. The van der Waals surface area contributed by atoms with Crippen molar-refractivity contribution in [3.05, 3.63) is 16.4 Å². The first-order valence-electron chi connectivity index (χ1n) is 7.97. The van der Waals surface area contributed by atoms with Crippen molar-refractivity contribution in [2.45, 2.75) is 58.5 Å². The number of fused-ring (bicyclic) bond motifs is 2. The maximum Gasteiger partial charge on any atom is 0.244 e. The van der Waals surface area contributed by atoms with Crippen molar-refractivity contribution in [1.29, 1.82) is 0 Å². The number of amides is 1. The van der Waals surface area contributed by atoms with Gasteiger partial charge in [0.1, 0.15) is 6.04 Å². The Morgan fingerprint density at radius 1 is 1.43 bits per heavy atom. The van der Waals surface area contributed by atoms with E-state index < -0.39 is 0 Å². The van der Waals surface area contributed by atoms with Crippen LogP contribution in [0.3, 0.4) is 0 Å². The summed E-state index contributed by atoms with van der Waals surface area (Å²) in [7, 11) is 0. The zero-order chi connectivity index (χ0) is 15.1. The molecule has 1 aromatic rings. The van der Waals surface area contributed by atoms with Gasteiger partial charge in [0, 0.05) is 12.2 Å². The van der Waals surface area contributed by atoms with E-state index in [0.29, 0.717) is 5.92 Å². The van der Waals surface area contributed by atoms with Crippen molar-refractivity contribution < 1.29 is 4.79 Å². The van der Waals surface area contributed by atoms with Gasteiger partial charge in [0.25, 0.3) is 0 Å². The lowest BCUT2D eigenvalue weighted by Gasteiger charge is -2.29. The van der Waals surface area contributed by atoms with Gasteiger partial charge in [-0.2, -0.15) is 5.10 Å². The summed E-state index contributed by atoms with van der Waals surface area (Å²) in [5, 5.41) is 7.60. The van der Waals surface area contributed by atoms with Crippen LogP contribution in [0.25, 0.3) is 0 Å². The third-order valence-corrected chi connectivity index (χ3v) is 6.22. The van der Waals surface area contributed by atoms with E-state index in [1.165, 1.54) is 25.7 Å². The summed E-state index contributed by atoms with van der Waals surface area (Å²) < 4.78 is 2.69. The molecule has 0 unspecified atom stereocenters. The minimum Gasteiger partial charge on any atom is -0.352 e. The fourth-order valence-corrected chi connectivity index (χ4v) is 4.43. The molecule has 0 aromatic carbocycles. The minimum atomic E-state index is -0.268. The highest BCUT2D eigenvalue weighted by atomic mass is 79.9. The highest BCUT2D eigenvalue weighted by molar-refractivity contribution is 9.10. The Hall–Kier alpha value is -0.840. The summed E-state index contributed by atoms with van der Waals surface area (Å²) >= 11 is 3.45. The number of rotatable bonds is 4. The summed E-state index contributed by atoms with van der Waals surface area (Å²) in [6, 6.07) is 0.00592. The molecule has 116 valence electrons. The van der Waals surface area contributed by atoms with Crippen molar-refractivity contribution in [1.82, 2.24) is 15.1 Å². The molecule has 1 amide bonds. The number of halogens is 1. The van der Waals surface area contributed by atoms with Crippen LogP contribution in [-0.4, -0.2) is 21.7 Å². The van der Waals surface area contributed by atoms with E-state index in [0.717, 1.165) is 22.0 Å². The summed E-state index contributed by atoms with van der Waals surface area (Å²) in [5.74, 6) is 2.49. The van der Waals surface area contributed by atoms with Gasteiger partial charge in [0.15, 0.2) is 0 Å². The van der Waals surface area contributed by atoms with Gasteiger partial charge < -0.3 is 5.32 Å². The molecule has 21 heavy (non-hydrogen) atoms. The van der Waals surface area contributed by atoms with Crippen LogP contribution in [0.2, 0.25) is 0 Å². The van der Waals surface area contributed by atoms with E-state index in [-0.39, 0.29) is 18.0 Å². The van der Waals surface area contributed by atoms with Crippen LogP contribution < -0.4 is 5.32 Å². The van der Waals surface area contributed by atoms with Gasteiger partial charge in [-0.25, -0.2) is 0 Å². The fraction of sp³-hybridized carbons (Fsp3) is 0.750. The Kier molecular flexibility index (Phi) is 4.12. The molecule has 0 radical (unpaired) electrons. The molecule has 0 spiro atoms. The molecular formula is C16H24BrN3O. The van der Waals surface area contributed by atoms with E-state index >= 15 is 0 Å². The number of nitrogens with one attached hydrogen (secondary N) is 1. The molecule has 1 aromatic heterocycles. The molecule has 2 saturated carbocycles. The predicted octanol–water partition coefficient (Wildman–Crippen LogP) is 3.46. The molecular weight excluding hydrogens is 330 g/mol. The largest absolute Gasteiger partial charge is 0.352 e. The smallest absolute Gasteiger partial charge is 0.244 e. The highest BCUT2D eigenvalue weighted by Gasteiger charge is 2.42. The van der Waals surface area contributed by atoms with Gasteiger partial charge >= 0.3 is 0 Å². The number of carbonyl (C=O) groups excluding carboxylic acids is 1. The van der Waals surface area contributed by atoms with Crippen LogP contribution in [0.4, 0.5) is 0 Å². The second-order valence-electron chi connectivity index (χ2n) is 6.85. The highest BCUT2D eigenvalue weighted by Crippen LogP contribution is 2.49. The van der Waals surface area contributed by atoms with Crippen molar-refractivity contribution in [3.8, 4) is 0 Å². The Balaban J connectivity index is 1.60. The van der Waals surface area contributed by atoms with E-state index in [9.17, 15) is 4.79 Å². The summed E-state index contributed by atoms with van der Waals surface area (Å²) in [4.78, 5) is 12.5. The molecule has 1 N–H and O–H groups in total. The normalized spacial score (nSPS) is 30.4. The minimum absolute atomic E-state index is 0.0697. The second kappa shape index (κ2) is 5.75. The Labute approximate surface area is 134 Å². The van der Waals surface area contributed by atoms with Gasteiger partial charge in [-0.1, -0.05) is 6.42 Å². The zero-order valence-corrected chi connectivity index (χ0v) is 14.6. The number of nitrogens with zero attached hydrogens (tertiary/aromatic N) is 2. The Morgan fingerprint density at radius 3 is 2.71 bits per heavy atom. The Morgan fingerprint density at radius 2 is 2.19 bits per heavy atom. The lowest BCUT2D eigenvalue weighted by Crippen LogP contribution is -2.43. The maximum atomic E-state index is 12.5. The lowest BCUT2D eigenvalue weighted by atomic mass is 9.84. The molecule has 2 aliphatic rings. The van der Waals surface area contributed by atoms with Crippen LogP contribution >= 0.6 is 15.9 Å². The molecule has 5 heteroatoms. The first-order chi connectivity index (χ1) is 9.95. The molecule has 2 fully saturated rings. The van der Waals surface area contributed by atoms with Gasteiger partial charge in [-0.3, -0.25) is 9.48 Å². The van der Waals surface area contributed by atoms with Gasteiger partial charge in [0.05, 0.1) is 10.2 Å². The third-order valence-electron chi connectivity index (χ3n) is 5.44. The second-order valence-corrected chi connectivity index (χ2v) is 7.71. The molecule has 4 nitrogen and oxygen atoms in total. The van der Waals surface area contributed by atoms with Crippen molar-refractivity contribution >= 4 is 21.8 Å². The van der Waals surface area contributed by atoms with Crippen molar-refractivity contribution in [3.63, 3.8) is 0 Å². The van der Waals surface area contributed by atoms with Gasteiger partial charge in [0.2, 0.25) is 5.91 Å². The Bertz CT molecular complexity index is 522. The van der Waals surface area contributed by atoms with Crippen molar-refractivity contribution in [2.24, 2.45) is 17.8 Å². The number of carbonyl (C=O) groups is 1. The molecule has 3 rings (SSSR count). The van der Waals surface area contributed by atoms with Gasteiger partial charge in [-0.05, 0) is 73.7 Å². The zero-order valence-electron chi connectivity index (χ0n) is 13.0. The van der Waals surface area contributed by atoms with Crippen LogP contribution in [-0.2, 0) is 4.79 Å². The molecule has 1 heterocycles. The fourth-order valence-electron chi connectivity index (χ4n) is 4.14. The monoisotopic (exact) mass is 353 g/mol. The molecule has 0 aliphatic heterocycles. The first kappa shape index (κ1) is 15.1. The molecule has 2 bridgehead atoms. The quantitative estimate of drug-likeness (QED) is 0.900. The molecule has 5 atom stereocenters. The van der Waals surface area contributed by atoms with Crippen LogP contribution in [0.5, 0.6) is 0 Å². The van der Waals surface area contributed by atoms with E-state index in [4.69, 9.17) is 0 Å². The van der Waals surface area contributed by atoms with E-state index in [2.05, 4.69) is 33.3 Å². The lowest BCUT2D eigenvalue weighted by molar-refractivity contribution is -0.125. The standard InChI is InChI=1S/C16H24BrN3O/c1-9(14-7-12-4-5-13(14)6-12)18-16(21)11(3)20-8-15(17)10(2)19-20/h8-9,11-14H,4-7H2,1-3H3,(H,18,21)/t9-,11+,12-,13-,14-/m0/s1. The summed E-state index contributed by atoms with van der Waals surface area (Å²) in [6.07, 6.45) is 7.32. The summed E-state index contributed by atoms with van der Waals surface area (Å²) in [5.41, 5.74) is 0.913. The van der Waals surface area contributed by atoms with Gasteiger partial charge in [-0.15, -0.1) is 0 Å². The first-order valence-corrected chi connectivity index (χ1v) is 8.76.